The first-order valence-corrected chi connectivity index (χ1v) is 9.43. The molecule has 0 unspecified atom stereocenters. The van der Waals surface area contributed by atoms with E-state index >= 15 is 0 Å². The Labute approximate surface area is 167 Å². The topological polar surface area (TPSA) is 97.0 Å². The fraction of sp³-hybridized carbons (Fsp3) is 0.286. The summed E-state index contributed by atoms with van der Waals surface area (Å²) in [6.45, 7) is 1.07. The number of anilines is 1. The molecule has 150 valence electrons. The summed E-state index contributed by atoms with van der Waals surface area (Å²) < 4.78 is 10.5. The molecule has 1 atom stereocenters. The normalized spacial score (nSPS) is 17.3. The van der Waals surface area contributed by atoms with Crippen molar-refractivity contribution in [3.63, 3.8) is 0 Å². The van der Waals surface area contributed by atoms with Crippen LogP contribution in [0.3, 0.4) is 0 Å². The quantitative estimate of drug-likeness (QED) is 0.719. The van der Waals surface area contributed by atoms with E-state index in [1.807, 2.05) is 30.3 Å². The maximum Gasteiger partial charge on any atom is 0.251 e. The molecular formula is C21H21N3O5. The second-order valence-electron chi connectivity index (χ2n) is 6.86. The summed E-state index contributed by atoms with van der Waals surface area (Å²) in [7, 11) is 0. The minimum Gasteiger partial charge on any atom is -0.454 e. The number of carbonyl (C=O) groups is 3. The number of para-hydroxylation sites is 1. The van der Waals surface area contributed by atoms with Gasteiger partial charge in [-0.3, -0.25) is 14.4 Å². The zero-order chi connectivity index (χ0) is 20.2. The van der Waals surface area contributed by atoms with Gasteiger partial charge < -0.3 is 25.0 Å². The molecule has 0 saturated carbocycles. The average molecular weight is 395 g/mol. The van der Waals surface area contributed by atoms with Crippen molar-refractivity contribution in [3.05, 3.63) is 54.1 Å². The van der Waals surface area contributed by atoms with E-state index in [0.29, 0.717) is 23.6 Å². The van der Waals surface area contributed by atoms with Crippen molar-refractivity contribution >= 4 is 23.4 Å². The smallest absolute Gasteiger partial charge is 0.251 e. The molecule has 2 aromatic rings. The molecule has 2 aromatic carbocycles. The molecule has 0 aliphatic carbocycles. The van der Waals surface area contributed by atoms with E-state index < -0.39 is 5.92 Å². The standard InChI is InChI=1S/C21H21N3O5/c25-19-11-15(12-24(19)16-4-2-1-3-5-16)21(27)23-9-8-22-20(26)14-6-7-17-18(10-14)29-13-28-17/h1-7,10,15H,8-9,11-13H2,(H,22,26)(H,23,27)/t15-/m0/s1. The van der Waals surface area contributed by atoms with E-state index in [9.17, 15) is 14.4 Å². The van der Waals surface area contributed by atoms with Gasteiger partial charge in [-0.1, -0.05) is 18.2 Å². The molecule has 0 aromatic heterocycles. The lowest BCUT2D eigenvalue weighted by Gasteiger charge is -2.16. The van der Waals surface area contributed by atoms with Crippen LogP contribution in [0.4, 0.5) is 5.69 Å². The van der Waals surface area contributed by atoms with E-state index in [1.54, 1.807) is 23.1 Å². The molecule has 2 aliphatic heterocycles. The Balaban J connectivity index is 1.22. The maximum absolute atomic E-state index is 12.4. The number of nitrogens with one attached hydrogen (secondary N) is 2. The molecule has 4 rings (SSSR count). The number of benzene rings is 2. The number of hydrogen-bond donors (Lipinski definition) is 2. The van der Waals surface area contributed by atoms with Crippen LogP contribution in [0.1, 0.15) is 16.8 Å². The molecule has 2 aliphatic rings. The summed E-state index contributed by atoms with van der Waals surface area (Å²) in [5.74, 6) is 0.252. The summed E-state index contributed by atoms with van der Waals surface area (Å²) in [5, 5.41) is 5.54. The minimum atomic E-state index is -0.396. The van der Waals surface area contributed by atoms with Crippen molar-refractivity contribution in [2.24, 2.45) is 5.92 Å². The van der Waals surface area contributed by atoms with Gasteiger partial charge in [-0.15, -0.1) is 0 Å². The third-order valence-electron chi connectivity index (χ3n) is 4.91. The number of fused-ring (bicyclic) bond motifs is 1. The Hall–Kier alpha value is -3.55. The van der Waals surface area contributed by atoms with E-state index in [0.717, 1.165) is 5.69 Å². The van der Waals surface area contributed by atoms with Gasteiger partial charge in [-0.05, 0) is 30.3 Å². The number of rotatable bonds is 6. The zero-order valence-corrected chi connectivity index (χ0v) is 15.7. The van der Waals surface area contributed by atoms with Gasteiger partial charge >= 0.3 is 0 Å². The molecule has 2 heterocycles. The Kier molecular flexibility index (Phi) is 5.33. The number of carbonyl (C=O) groups excluding carboxylic acids is 3. The summed E-state index contributed by atoms with van der Waals surface area (Å²) >= 11 is 0. The molecule has 3 amide bonds. The second-order valence-corrected chi connectivity index (χ2v) is 6.86. The molecule has 29 heavy (non-hydrogen) atoms. The average Bonchev–Trinajstić information content (AvgIpc) is 3.37. The van der Waals surface area contributed by atoms with Crippen LogP contribution >= 0.6 is 0 Å². The first-order valence-electron chi connectivity index (χ1n) is 9.43. The zero-order valence-electron chi connectivity index (χ0n) is 15.7. The molecule has 1 saturated heterocycles. The van der Waals surface area contributed by atoms with E-state index in [1.165, 1.54) is 0 Å². The van der Waals surface area contributed by atoms with Gasteiger partial charge in [-0.2, -0.15) is 0 Å². The third kappa shape index (κ3) is 4.16. The van der Waals surface area contributed by atoms with E-state index in [2.05, 4.69) is 10.6 Å². The molecule has 0 bridgehead atoms. The summed E-state index contributed by atoms with van der Waals surface area (Å²) in [6.07, 6.45) is 0.185. The molecule has 2 N–H and O–H groups in total. The van der Waals surface area contributed by atoms with Crippen LogP contribution in [0.2, 0.25) is 0 Å². The van der Waals surface area contributed by atoms with Crippen LogP contribution in [0, 0.1) is 5.92 Å². The van der Waals surface area contributed by atoms with Gasteiger partial charge in [-0.25, -0.2) is 0 Å². The van der Waals surface area contributed by atoms with E-state index in [4.69, 9.17) is 9.47 Å². The lowest BCUT2D eigenvalue weighted by molar-refractivity contribution is -0.126. The highest BCUT2D eigenvalue weighted by Crippen LogP contribution is 2.32. The molecular weight excluding hydrogens is 374 g/mol. The van der Waals surface area contributed by atoms with Crippen LogP contribution in [0.15, 0.2) is 48.5 Å². The van der Waals surface area contributed by atoms with Crippen LogP contribution in [0.25, 0.3) is 0 Å². The van der Waals surface area contributed by atoms with Gasteiger partial charge in [0.2, 0.25) is 18.6 Å². The monoisotopic (exact) mass is 395 g/mol. The van der Waals surface area contributed by atoms with Crippen LogP contribution in [0.5, 0.6) is 11.5 Å². The predicted molar refractivity (Wildman–Crippen MR) is 105 cm³/mol. The lowest BCUT2D eigenvalue weighted by Crippen LogP contribution is -2.38. The van der Waals surface area contributed by atoms with Crippen molar-refractivity contribution in [2.45, 2.75) is 6.42 Å². The Morgan fingerprint density at radius 3 is 2.59 bits per heavy atom. The van der Waals surface area contributed by atoms with Crippen LogP contribution in [-0.4, -0.2) is 44.1 Å². The summed E-state index contributed by atoms with van der Waals surface area (Å²) in [6, 6.07) is 14.3. The van der Waals surface area contributed by atoms with Gasteiger partial charge in [0.1, 0.15) is 0 Å². The lowest BCUT2D eigenvalue weighted by atomic mass is 10.1. The fourth-order valence-corrected chi connectivity index (χ4v) is 3.39. The maximum atomic E-state index is 12.4. The number of nitrogens with zero attached hydrogens (tertiary/aromatic N) is 1. The number of hydrogen-bond acceptors (Lipinski definition) is 5. The van der Waals surface area contributed by atoms with Gasteiger partial charge in [0.05, 0.1) is 5.92 Å². The van der Waals surface area contributed by atoms with Crippen LogP contribution in [-0.2, 0) is 9.59 Å². The van der Waals surface area contributed by atoms with Gasteiger partial charge in [0.15, 0.2) is 11.5 Å². The van der Waals surface area contributed by atoms with E-state index in [-0.39, 0.29) is 44.0 Å². The first-order chi connectivity index (χ1) is 14.1. The molecule has 0 spiro atoms. The highest BCUT2D eigenvalue weighted by Gasteiger charge is 2.34. The van der Waals surface area contributed by atoms with Crippen molar-refractivity contribution in [3.8, 4) is 11.5 Å². The Bertz CT molecular complexity index is 931. The van der Waals surface area contributed by atoms with Crippen molar-refractivity contribution in [2.75, 3.05) is 31.3 Å². The largest absolute Gasteiger partial charge is 0.454 e. The number of amides is 3. The summed E-state index contributed by atoms with van der Waals surface area (Å²) in [5.41, 5.74) is 1.25. The first kappa shape index (κ1) is 18.8. The summed E-state index contributed by atoms with van der Waals surface area (Å²) in [4.78, 5) is 38.4. The SMILES string of the molecule is O=C(NCCNC(=O)[C@H]1CC(=O)N(c2ccccc2)C1)c1ccc2c(c1)OCO2. The van der Waals surface area contributed by atoms with Crippen molar-refractivity contribution in [1.29, 1.82) is 0 Å². The van der Waals surface area contributed by atoms with Crippen molar-refractivity contribution < 1.29 is 23.9 Å². The highest BCUT2D eigenvalue weighted by atomic mass is 16.7. The third-order valence-corrected chi connectivity index (χ3v) is 4.91. The Morgan fingerprint density at radius 1 is 1.00 bits per heavy atom. The molecule has 0 radical (unpaired) electrons. The molecule has 8 nitrogen and oxygen atoms in total. The van der Waals surface area contributed by atoms with Crippen LogP contribution < -0.4 is 25.0 Å². The highest BCUT2D eigenvalue weighted by molar-refractivity contribution is 6.00. The molecule has 8 heteroatoms. The Morgan fingerprint density at radius 2 is 1.76 bits per heavy atom. The van der Waals surface area contributed by atoms with Crippen molar-refractivity contribution in [1.82, 2.24) is 10.6 Å². The van der Waals surface area contributed by atoms with Gasteiger partial charge in [0.25, 0.3) is 5.91 Å². The minimum absolute atomic E-state index is 0.0625. The fourth-order valence-electron chi connectivity index (χ4n) is 3.39. The van der Waals surface area contributed by atoms with Gasteiger partial charge in [0, 0.05) is 37.3 Å². The second kappa shape index (κ2) is 8.22. The predicted octanol–water partition coefficient (Wildman–Crippen LogP) is 1.31. The molecule has 1 fully saturated rings. The number of ether oxygens (including phenoxy) is 2.